The van der Waals surface area contributed by atoms with Crippen molar-refractivity contribution in [3.8, 4) is 0 Å². The molecule has 1 saturated heterocycles. The highest BCUT2D eigenvalue weighted by atomic mass is 35.5. The van der Waals surface area contributed by atoms with Crippen molar-refractivity contribution < 1.29 is 9.53 Å². The third-order valence-electron chi connectivity index (χ3n) is 3.22. The number of hydrogen-bond donors (Lipinski definition) is 1. The molecule has 0 spiro atoms. The zero-order valence-corrected chi connectivity index (χ0v) is 8.60. The molecular formula is C9H16ClNO2. The predicted octanol–water partition coefficient (Wildman–Crippen LogP) is 0.969. The SMILES string of the molecule is COC(=O)CC1CC2NCCC12.Cl. The summed E-state index contributed by atoms with van der Waals surface area (Å²) in [6, 6.07) is 0.708. The number of methoxy groups -OCH3 is 1. The van der Waals surface area contributed by atoms with E-state index in [1.54, 1.807) is 0 Å². The fourth-order valence-electron chi connectivity index (χ4n) is 2.45. The third-order valence-corrected chi connectivity index (χ3v) is 3.22. The molecule has 0 amide bonds. The molecule has 3 nitrogen and oxygen atoms in total. The van der Waals surface area contributed by atoms with Gasteiger partial charge in [0.15, 0.2) is 0 Å². The maximum absolute atomic E-state index is 11.0. The van der Waals surface area contributed by atoms with Gasteiger partial charge in [0.1, 0.15) is 0 Å². The quantitative estimate of drug-likeness (QED) is 0.683. The van der Waals surface area contributed by atoms with Crippen LogP contribution in [0.3, 0.4) is 0 Å². The molecule has 0 radical (unpaired) electrons. The second kappa shape index (κ2) is 4.29. The summed E-state index contributed by atoms with van der Waals surface area (Å²) in [6.45, 7) is 1.13. The predicted molar refractivity (Wildman–Crippen MR) is 51.9 cm³/mol. The summed E-state index contributed by atoms with van der Waals surface area (Å²) in [5, 5.41) is 3.43. The van der Waals surface area contributed by atoms with Gasteiger partial charge >= 0.3 is 5.97 Å². The number of rotatable bonds is 2. The van der Waals surface area contributed by atoms with Gasteiger partial charge in [-0.3, -0.25) is 4.79 Å². The molecule has 2 aliphatic rings. The number of carbonyl (C=O) groups excluding carboxylic acids is 1. The smallest absolute Gasteiger partial charge is 0.305 e. The summed E-state index contributed by atoms with van der Waals surface area (Å²) < 4.78 is 4.65. The van der Waals surface area contributed by atoms with Crippen molar-refractivity contribution in [2.24, 2.45) is 11.8 Å². The lowest BCUT2D eigenvalue weighted by Gasteiger charge is -2.39. The number of ether oxygens (including phenoxy) is 1. The van der Waals surface area contributed by atoms with Crippen LogP contribution in [-0.4, -0.2) is 25.7 Å². The number of carbonyl (C=O) groups is 1. The van der Waals surface area contributed by atoms with Gasteiger partial charge in [0, 0.05) is 12.5 Å². The lowest BCUT2D eigenvalue weighted by atomic mass is 9.68. The average Bonchev–Trinajstić information content (AvgIpc) is 2.42. The molecule has 1 heterocycles. The third kappa shape index (κ3) is 1.97. The number of hydrogen-bond acceptors (Lipinski definition) is 3. The molecule has 0 bridgehead atoms. The van der Waals surface area contributed by atoms with E-state index in [1.165, 1.54) is 20.0 Å². The number of halogens is 1. The summed E-state index contributed by atoms with van der Waals surface area (Å²) in [6.07, 6.45) is 3.03. The number of nitrogens with one attached hydrogen (secondary N) is 1. The van der Waals surface area contributed by atoms with E-state index in [-0.39, 0.29) is 18.4 Å². The summed E-state index contributed by atoms with van der Waals surface area (Å²) in [5.74, 6) is 1.30. The zero-order valence-electron chi connectivity index (χ0n) is 7.79. The Balaban J connectivity index is 0.000000845. The molecular weight excluding hydrogens is 190 g/mol. The van der Waals surface area contributed by atoms with Crippen LogP contribution >= 0.6 is 12.4 Å². The van der Waals surface area contributed by atoms with Crippen molar-refractivity contribution in [3.05, 3.63) is 0 Å². The van der Waals surface area contributed by atoms with Crippen LogP contribution < -0.4 is 5.32 Å². The molecule has 2 rings (SSSR count). The van der Waals surface area contributed by atoms with Gasteiger partial charge in [0.25, 0.3) is 0 Å². The first kappa shape index (κ1) is 10.8. The van der Waals surface area contributed by atoms with Crippen molar-refractivity contribution >= 4 is 18.4 Å². The van der Waals surface area contributed by atoms with Gasteiger partial charge < -0.3 is 10.1 Å². The minimum atomic E-state index is -0.0506. The molecule has 13 heavy (non-hydrogen) atoms. The van der Waals surface area contributed by atoms with E-state index in [0.717, 1.165) is 12.5 Å². The Hall–Kier alpha value is -0.280. The molecule has 2 fully saturated rings. The van der Waals surface area contributed by atoms with Crippen molar-refractivity contribution in [2.45, 2.75) is 25.3 Å². The van der Waals surface area contributed by atoms with Crippen LogP contribution in [0.15, 0.2) is 0 Å². The molecule has 1 aliphatic carbocycles. The topological polar surface area (TPSA) is 38.3 Å². The van der Waals surface area contributed by atoms with Gasteiger partial charge in [-0.15, -0.1) is 12.4 Å². The van der Waals surface area contributed by atoms with Gasteiger partial charge in [-0.2, -0.15) is 0 Å². The van der Waals surface area contributed by atoms with Crippen LogP contribution in [0.1, 0.15) is 19.3 Å². The average molecular weight is 206 g/mol. The standard InChI is InChI=1S/C9H15NO2.ClH/c1-12-9(11)5-6-4-8-7(6)2-3-10-8;/h6-8,10H,2-5H2,1H3;1H. The Bertz CT molecular complexity index is 198. The molecule has 3 unspecified atom stereocenters. The van der Waals surface area contributed by atoms with Crippen LogP contribution in [0, 0.1) is 11.8 Å². The lowest BCUT2D eigenvalue weighted by Crippen LogP contribution is -2.44. The maximum atomic E-state index is 11.0. The summed E-state index contributed by atoms with van der Waals surface area (Å²) in [5.41, 5.74) is 0. The van der Waals surface area contributed by atoms with Crippen LogP contribution in [0.2, 0.25) is 0 Å². The van der Waals surface area contributed by atoms with Crippen molar-refractivity contribution in [1.82, 2.24) is 5.32 Å². The van der Waals surface area contributed by atoms with Crippen molar-refractivity contribution in [3.63, 3.8) is 0 Å². The summed E-state index contributed by atoms with van der Waals surface area (Å²) in [7, 11) is 1.46. The highest BCUT2D eigenvalue weighted by molar-refractivity contribution is 5.85. The Labute approximate surface area is 84.6 Å². The second-order valence-corrected chi connectivity index (χ2v) is 3.79. The van der Waals surface area contributed by atoms with E-state index < -0.39 is 0 Å². The van der Waals surface area contributed by atoms with E-state index >= 15 is 0 Å². The minimum absolute atomic E-state index is 0. The first-order chi connectivity index (χ1) is 5.81. The van der Waals surface area contributed by atoms with Crippen molar-refractivity contribution in [2.75, 3.05) is 13.7 Å². The molecule has 4 heteroatoms. The normalized spacial score (nSPS) is 35.6. The van der Waals surface area contributed by atoms with Crippen LogP contribution in [-0.2, 0) is 9.53 Å². The fraction of sp³-hybridized carbons (Fsp3) is 0.889. The maximum Gasteiger partial charge on any atom is 0.305 e. The van der Waals surface area contributed by atoms with E-state index in [1.807, 2.05) is 0 Å². The summed E-state index contributed by atoms with van der Waals surface area (Å²) >= 11 is 0. The Morgan fingerprint density at radius 3 is 3.00 bits per heavy atom. The number of esters is 1. The van der Waals surface area contributed by atoms with Crippen LogP contribution in [0.25, 0.3) is 0 Å². The van der Waals surface area contributed by atoms with E-state index in [2.05, 4.69) is 10.1 Å². The second-order valence-electron chi connectivity index (χ2n) is 3.79. The molecule has 1 saturated carbocycles. The van der Waals surface area contributed by atoms with E-state index in [4.69, 9.17) is 0 Å². The highest BCUT2D eigenvalue weighted by Gasteiger charge is 2.44. The monoisotopic (exact) mass is 205 g/mol. The van der Waals surface area contributed by atoms with Crippen LogP contribution in [0.4, 0.5) is 0 Å². The van der Waals surface area contributed by atoms with E-state index in [0.29, 0.717) is 18.4 Å². The van der Waals surface area contributed by atoms with Gasteiger partial charge in [-0.1, -0.05) is 0 Å². The first-order valence-electron chi connectivity index (χ1n) is 4.61. The van der Waals surface area contributed by atoms with Crippen molar-refractivity contribution in [1.29, 1.82) is 0 Å². The molecule has 3 atom stereocenters. The molecule has 1 aliphatic heterocycles. The molecule has 1 N–H and O–H groups in total. The van der Waals surface area contributed by atoms with E-state index in [9.17, 15) is 4.79 Å². The molecule has 0 aromatic carbocycles. The van der Waals surface area contributed by atoms with Gasteiger partial charge in [0.2, 0.25) is 0 Å². The largest absolute Gasteiger partial charge is 0.469 e. The number of fused-ring (bicyclic) bond motifs is 1. The van der Waals surface area contributed by atoms with Gasteiger partial charge in [-0.05, 0) is 31.2 Å². The fourth-order valence-corrected chi connectivity index (χ4v) is 2.45. The highest BCUT2D eigenvalue weighted by Crippen LogP contribution is 2.42. The lowest BCUT2D eigenvalue weighted by molar-refractivity contribution is -0.143. The Morgan fingerprint density at radius 1 is 1.62 bits per heavy atom. The Morgan fingerprint density at radius 2 is 2.38 bits per heavy atom. The minimum Gasteiger partial charge on any atom is -0.469 e. The molecule has 0 aromatic rings. The zero-order chi connectivity index (χ0) is 8.55. The molecule has 0 aromatic heterocycles. The van der Waals surface area contributed by atoms with Gasteiger partial charge in [0.05, 0.1) is 7.11 Å². The summed E-state index contributed by atoms with van der Waals surface area (Å²) in [4.78, 5) is 11.0. The van der Waals surface area contributed by atoms with Gasteiger partial charge in [-0.25, -0.2) is 0 Å². The first-order valence-corrected chi connectivity index (χ1v) is 4.61. The molecule has 76 valence electrons. The Kier molecular flexibility index (Phi) is 3.56. The van der Waals surface area contributed by atoms with Crippen LogP contribution in [0.5, 0.6) is 0 Å².